The first-order chi connectivity index (χ1) is 8.72. The van der Waals surface area contributed by atoms with Gasteiger partial charge in [-0.05, 0) is 24.8 Å². The second-order valence-electron chi connectivity index (χ2n) is 5.20. The maximum Gasteiger partial charge on any atom is 0.122 e. The summed E-state index contributed by atoms with van der Waals surface area (Å²) in [5.41, 5.74) is 7.72. The minimum absolute atomic E-state index is 0.579. The molecule has 1 aliphatic rings. The molecular weight excluding hydrogens is 224 g/mol. The third-order valence-electron chi connectivity index (χ3n) is 3.95. The number of nitrogens with two attached hydrogens (primary N) is 1. The molecule has 0 spiro atoms. The molecule has 1 saturated carbocycles. The predicted molar refractivity (Wildman–Crippen MR) is 77.1 cm³/mol. The van der Waals surface area contributed by atoms with Crippen molar-refractivity contribution in [1.29, 1.82) is 0 Å². The van der Waals surface area contributed by atoms with E-state index < -0.39 is 0 Å². The van der Waals surface area contributed by atoms with Crippen molar-refractivity contribution in [3.63, 3.8) is 0 Å². The van der Waals surface area contributed by atoms with E-state index in [4.69, 9.17) is 10.5 Å². The standard InChI is InChI=1S/C15H24N2O/c1-3-11-6-4-5-7-15(11)17-13-8-12(16)9-14(10-13)18-2/h8-11,15,17H,3-7,16H2,1-2H3. The van der Waals surface area contributed by atoms with E-state index in [1.807, 2.05) is 18.2 Å². The molecule has 0 heterocycles. The molecular formula is C15H24N2O. The number of hydrogen-bond acceptors (Lipinski definition) is 3. The Labute approximate surface area is 110 Å². The lowest BCUT2D eigenvalue weighted by Crippen LogP contribution is -2.31. The van der Waals surface area contributed by atoms with Gasteiger partial charge in [0.15, 0.2) is 0 Å². The highest BCUT2D eigenvalue weighted by atomic mass is 16.5. The minimum atomic E-state index is 0.579. The van der Waals surface area contributed by atoms with Crippen molar-refractivity contribution in [3.8, 4) is 5.75 Å². The van der Waals surface area contributed by atoms with Crippen LogP contribution in [0.4, 0.5) is 11.4 Å². The Morgan fingerprint density at radius 2 is 2.06 bits per heavy atom. The average molecular weight is 248 g/mol. The topological polar surface area (TPSA) is 47.3 Å². The molecule has 3 N–H and O–H groups in total. The summed E-state index contributed by atoms with van der Waals surface area (Å²) in [7, 11) is 1.67. The first-order valence-electron chi connectivity index (χ1n) is 6.94. The molecule has 18 heavy (non-hydrogen) atoms. The summed E-state index contributed by atoms with van der Waals surface area (Å²) in [5.74, 6) is 1.60. The van der Waals surface area contributed by atoms with Gasteiger partial charge in [-0.25, -0.2) is 0 Å². The van der Waals surface area contributed by atoms with Gasteiger partial charge >= 0.3 is 0 Å². The number of benzene rings is 1. The molecule has 1 aromatic rings. The third-order valence-corrected chi connectivity index (χ3v) is 3.95. The molecule has 2 rings (SSSR count). The fourth-order valence-electron chi connectivity index (χ4n) is 2.92. The van der Waals surface area contributed by atoms with Gasteiger partial charge in [-0.3, -0.25) is 0 Å². The zero-order chi connectivity index (χ0) is 13.0. The van der Waals surface area contributed by atoms with Crippen LogP contribution in [0.1, 0.15) is 39.0 Å². The lowest BCUT2D eigenvalue weighted by atomic mass is 9.83. The number of nitrogens with one attached hydrogen (secondary N) is 1. The van der Waals surface area contributed by atoms with Gasteiger partial charge in [-0.15, -0.1) is 0 Å². The number of hydrogen-bond donors (Lipinski definition) is 2. The van der Waals surface area contributed by atoms with Crippen molar-refractivity contribution in [2.24, 2.45) is 5.92 Å². The van der Waals surface area contributed by atoms with E-state index >= 15 is 0 Å². The highest BCUT2D eigenvalue weighted by molar-refractivity contribution is 5.59. The summed E-state index contributed by atoms with van der Waals surface area (Å²) in [5, 5.41) is 3.64. The SMILES string of the molecule is CCC1CCCCC1Nc1cc(N)cc(OC)c1. The maximum atomic E-state index is 5.89. The quantitative estimate of drug-likeness (QED) is 0.799. The summed E-state index contributed by atoms with van der Waals surface area (Å²) in [4.78, 5) is 0. The second kappa shape index (κ2) is 5.98. The maximum absolute atomic E-state index is 5.89. The number of nitrogen functional groups attached to an aromatic ring is 1. The molecule has 2 unspecified atom stereocenters. The molecule has 100 valence electrons. The lowest BCUT2D eigenvalue weighted by molar-refractivity contribution is 0.317. The van der Waals surface area contributed by atoms with Crippen LogP contribution in [0.5, 0.6) is 5.75 Å². The van der Waals surface area contributed by atoms with Crippen LogP contribution >= 0.6 is 0 Å². The van der Waals surface area contributed by atoms with Crippen LogP contribution < -0.4 is 15.8 Å². The molecule has 2 atom stereocenters. The van der Waals surface area contributed by atoms with Gasteiger partial charge in [0.05, 0.1) is 7.11 Å². The van der Waals surface area contributed by atoms with Crippen molar-refractivity contribution in [3.05, 3.63) is 18.2 Å². The normalized spacial score (nSPS) is 23.7. The third kappa shape index (κ3) is 3.09. The molecule has 0 aliphatic heterocycles. The molecule has 1 aromatic carbocycles. The Hall–Kier alpha value is -1.38. The molecule has 3 heteroatoms. The number of methoxy groups -OCH3 is 1. The van der Waals surface area contributed by atoms with Gasteiger partial charge < -0.3 is 15.8 Å². The summed E-state index contributed by atoms with van der Waals surface area (Å²) in [6.45, 7) is 2.28. The first kappa shape index (κ1) is 13.1. The van der Waals surface area contributed by atoms with Crippen molar-refractivity contribution < 1.29 is 4.74 Å². The predicted octanol–water partition coefficient (Wildman–Crippen LogP) is 3.66. The molecule has 3 nitrogen and oxygen atoms in total. The van der Waals surface area contributed by atoms with E-state index in [-0.39, 0.29) is 0 Å². The summed E-state index contributed by atoms with van der Waals surface area (Å²) < 4.78 is 5.26. The van der Waals surface area contributed by atoms with Gasteiger partial charge in [0, 0.05) is 29.5 Å². The number of anilines is 2. The van der Waals surface area contributed by atoms with Crippen LogP contribution in [-0.4, -0.2) is 13.2 Å². The van der Waals surface area contributed by atoms with E-state index in [0.29, 0.717) is 6.04 Å². The van der Waals surface area contributed by atoms with Gasteiger partial charge in [0.2, 0.25) is 0 Å². The zero-order valence-corrected chi connectivity index (χ0v) is 11.4. The molecule has 0 bridgehead atoms. The summed E-state index contributed by atoms with van der Waals surface area (Å²) in [6, 6.07) is 6.44. The highest BCUT2D eigenvalue weighted by Gasteiger charge is 2.23. The van der Waals surface area contributed by atoms with Gasteiger partial charge in [-0.2, -0.15) is 0 Å². The average Bonchev–Trinajstić information content (AvgIpc) is 2.38. The van der Waals surface area contributed by atoms with Crippen molar-refractivity contribution >= 4 is 11.4 Å². The number of ether oxygens (including phenoxy) is 1. The van der Waals surface area contributed by atoms with E-state index in [0.717, 1.165) is 23.0 Å². The monoisotopic (exact) mass is 248 g/mol. The van der Waals surface area contributed by atoms with E-state index in [9.17, 15) is 0 Å². The van der Waals surface area contributed by atoms with Crippen LogP contribution in [0.15, 0.2) is 18.2 Å². The van der Waals surface area contributed by atoms with E-state index in [2.05, 4.69) is 12.2 Å². The zero-order valence-electron chi connectivity index (χ0n) is 11.4. The largest absolute Gasteiger partial charge is 0.497 e. The van der Waals surface area contributed by atoms with Gasteiger partial charge in [0.25, 0.3) is 0 Å². The van der Waals surface area contributed by atoms with Gasteiger partial charge in [0.1, 0.15) is 5.75 Å². The van der Waals surface area contributed by atoms with Crippen LogP contribution in [0.25, 0.3) is 0 Å². The van der Waals surface area contributed by atoms with E-state index in [1.165, 1.54) is 32.1 Å². The molecule has 0 aromatic heterocycles. The van der Waals surface area contributed by atoms with E-state index in [1.54, 1.807) is 7.11 Å². The Kier molecular flexibility index (Phi) is 4.34. The second-order valence-corrected chi connectivity index (χ2v) is 5.20. The summed E-state index contributed by atoms with van der Waals surface area (Å²) in [6.07, 6.45) is 6.55. The lowest BCUT2D eigenvalue weighted by Gasteiger charge is -2.32. The smallest absolute Gasteiger partial charge is 0.122 e. The van der Waals surface area contributed by atoms with Crippen molar-refractivity contribution in [1.82, 2.24) is 0 Å². The van der Waals surface area contributed by atoms with Crippen LogP contribution in [0, 0.1) is 5.92 Å². The highest BCUT2D eigenvalue weighted by Crippen LogP contribution is 2.31. The first-order valence-corrected chi connectivity index (χ1v) is 6.94. The van der Waals surface area contributed by atoms with Crippen LogP contribution in [-0.2, 0) is 0 Å². The van der Waals surface area contributed by atoms with Crippen molar-refractivity contribution in [2.75, 3.05) is 18.2 Å². The fourth-order valence-corrected chi connectivity index (χ4v) is 2.92. The van der Waals surface area contributed by atoms with Crippen LogP contribution in [0.2, 0.25) is 0 Å². The van der Waals surface area contributed by atoms with Gasteiger partial charge in [-0.1, -0.05) is 26.2 Å². The molecule has 1 fully saturated rings. The summed E-state index contributed by atoms with van der Waals surface area (Å²) >= 11 is 0. The van der Waals surface area contributed by atoms with Crippen molar-refractivity contribution in [2.45, 2.75) is 45.1 Å². The molecule has 0 amide bonds. The molecule has 0 saturated heterocycles. The fraction of sp³-hybridized carbons (Fsp3) is 0.600. The molecule has 0 radical (unpaired) electrons. The Balaban J connectivity index is 2.09. The molecule has 1 aliphatic carbocycles. The Morgan fingerprint density at radius 1 is 1.28 bits per heavy atom. The Bertz CT molecular complexity index is 392. The van der Waals surface area contributed by atoms with Crippen LogP contribution in [0.3, 0.4) is 0 Å². The minimum Gasteiger partial charge on any atom is -0.497 e. The number of rotatable bonds is 4. The Morgan fingerprint density at radius 3 is 2.78 bits per heavy atom.